The van der Waals surface area contributed by atoms with E-state index >= 15 is 0 Å². The fraction of sp³-hybridized carbons (Fsp3) is 0.500. The summed E-state index contributed by atoms with van der Waals surface area (Å²) in [6, 6.07) is 12.6. The number of likely N-dealkylation sites (N-methyl/N-ethyl adjacent to an activating group) is 1. The molecule has 2 N–H and O–H groups in total. The molecule has 3 rings (SSSR count). The van der Waals surface area contributed by atoms with Gasteiger partial charge in [0.2, 0.25) is 15.9 Å². The van der Waals surface area contributed by atoms with Gasteiger partial charge in [-0.05, 0) is 64.3 Å². The van der Waals surface area contributed by atoms with Gasteiger partial charge in [-0.3, -0.25) is 9.59 Å². The number of nitrogens with one attached hydrogen (secondary N) is 1. The highest BCUT2D eigenvalue weighted by molar-refractivity contribution is 7.89. The maximum Gasteiger partial charge on any atom is 0.258 e. The smallest absolute Gasteiger partial charge is 0.258 e. The number of carbonyl (C=O) groups is 2. The summed E-state index contributed by atoms with van der Waals surface area (Å²) >= 11 is 0. The van der Waals surface area contributed by atoms with E-state index in [0.29, 0.717) is 24.3 Å². The molecule has 10 nitrogen and oxygen atoms in total. The molecule has 0 bridgehead atoms. The third kappa shape index (κ3) is 7.78. The van der Waals surface area contributed by atoms with Crippen LogP contribution in [0.25, 0.3) is 0 Å². The lowest BCUT2D eigenvalue weighted by Gasteiger charge is -2.38. The lowest BCUT2D eigenvalue weighted by molar-refractivity contribution is -0.116. The minimum Gasteiger partial charge on any atom is -0.488 e. The van der Waals surface area contributed by atoms with Crippen LogP contribution in [0.1, 0.15) is 37.0 Å². The Hall–Kier alpha value is -2.99. The normalized spacial score (nSPS) is 18.8. The van der Waals surface area contributed by atoms with Crippen LogP contribution in [0.5, 0.6) is 5.75 Å². The first kappa shape index (κ1) is 30.6. The molecule has 39 heavy (non-hydrogen) atoms. The average Bonchev–Trinajstić information content (AvgIpc) is 2.90. The molecule has 1 aliphatic rings. The average molecular weight is 561 g/mol. The molecule has 1 heterocycles. The summed E-state index contributed by atoms with van der Waals surface area (Å²) in [5.41, 5.74) is 0.706. The van der Waals surface area contributed by atoms with Crippen molar-refractivity contribution < 1.29 is 27.9 Å². The van der Waals surface area contributed by atoms with Gasteiger partial charge in [-0.2, -0.15) is 4.31 Å². The van der Waals surface area contributed by atoms with Crippen LogP contribution in [-0.2, 0) is 14.8 Å². The summed E-state index contributed by atoms with van der Waals surface area (Å²) in [4.78, 5) is 29.8. The fourth-order valence-electron chi connectivity index (χ4n) is 4.42. The molecule has 1 aliphatic heterocycles. The van der Waals surface area contributed by atoms with E-state index in [9.17, 15) is 23.1 Å². The number of carbonyl (C=O) groups excluding carboxylic acids is 2. The highest BCUT2D eigenvalue weighted by Crippen LogP contribution is 2.31. The maximum atomic E-state index is 13.6. The molecule has 214 valence electrons. The Kier molecular flexibility index (Phi) is 10.5. The number of aliphatic hydroxyl groups is 1. The van der Waals surface area contributed by atoms with Crippen molar-refractivity contribution in [3.05, 3.63) is 54.1 Å². The van der Waals surface area contributed by atoms with Crippen LogP contribution in [0, 0.1) is 5.92 Å². The largest absolute Gasteiger partial charge is 0.488 e. The molecule has 2 amide bonds. The number of fused-ring (bicyclic) bond motifs is 1. The lowest BCUT2D eigenvalue weighted by atomic mass is 9.99. The van der Waals surface area contributed by atoms with Crippen LogP contribution in [-0.4, -0.2) is 99.0 Å². The zero-order valence-corrected chi connectivity index (χ0v) is 24.1. The standard InChI is InChI=1S/C28H40N4O6S/c1-20-17-32(21(2)19-33)28(35)24-16-22(29-27(34)12-9-15-30(3)4)13-14-25(24)38-26(20)18-31(5)39(36,37)23-10-7-6-8-11-23/h6-8,10-11,13-14,16,20-21,26,33H,9,12,15,17-19H2,1-5H3,(H,29,34)/t20-,21-,26+/m1/s1. The Morgan fingerprint density at radius 2 is 1.87 bits per heavy atom. The van der Waals surface area contributed by atoms with E-state index in [1.807, 2.05) is 25.9 Å². The first-order valence-electron chi connectivity index (χ1n) is 13.1. The molecule has 0 unspecified atom stereocenters. The molecule has 0 spiro atoms. The van der Waals surface area contributed by atoms with Gasteiger partial charge < -0.3 is 25.0 Å². The van der Waals surface area contributed by atoms with Crippen LogP contribution in [0.4, 0.5) is 5.69 Å². The number of amides is 2. The van der Waals surface area contributed by atoms with E-state index in [0.717, 1.165) is 6.54 Å². The van der Waals surface area contributed by atoms with Crippen molar-refractivity contribution in [2.75, 3.05) is 52.7 Å². The predicted molar refractivity (Wildman–Crippen MR) is 150 cm³/mol. The van der Waals surface area contributed by atoms with Gasteiger partial charge in [-0.25, -0.2) is 8.42 Å². The van der Waals surface area contributed by atoms with Crippen molar-refractivity contribution in [2.24, 2.45) is 5.92 Å². The van der Waals surface area contributed by atoms with Crippen LogP contribution in [0.15, 0.2) is 53.4 Å². The molecule has 11 heteroatoms. The van der Waals surface area contributed by atoms with Gasteiger partial charge in [0.05, 0.1) is 29.7 Å². The molecule has 0 radical (unpaired) electrons. The highest BCUT2D eigenvalue weighted by Gasteiger charge is 2.35. The summed E-state index contributed by atoms with van der Waals surface area (Å²) in [5.74, 6) is -0.440. The third-order valence-electron chi connectivity index (χ3n) is 6.85. The van der Waals surface area contributed by atoms with E-state index in [-0.39, 0.29) is 47.9 Å². The van der Waals surface area contributed by atoms with Gasteiger partial charge in [-0.1, -0.05) is 25.1 Å². The minimum absolute atomic E-state index is 0.0533. The van der Waals surface area contributed by atoms with Crippen molar-refractivity contribution in [3.63, 3.8) is 0 Å². The quantitative estimate of drug-likeness (QED) is 0.433. The molecular formula is C28H40N4O6S. The Bertz CT molecular complexity index is 1240. The fourth-order valence-corrected chi connectivity index (χ4v) is 5.63. The Morgan fingerprint density at radius 1 is 1.18 bits per heavy atom. The van der Waals surface area contributed by atoms with Crippen molar-refractivity contribution in [1.29, 1.82) is 0 Å². The van der Waals surface area contributed by atoms with E-state index in [2.05, 4.69) is 5.32 Å². The number of rotatable bonds is 11. The van der Waals surface area contributed by atoms with E-state index in [4.69, 9.17) is 4.74 Å². The second kappa shape index (κ2) is 13.4. The monoisotopic (exact) mass is 560 g/mol. The van der Waals surface area contributed by atoms with E-state index in [1.54, 1.807) is 60.4 Å². The molecule has 2 aromatic carbocycles. The number of sulfonamides is 1. The molecule has 0 saturated heterocycles. The maximum absolute atomic E-state index is 13.6. The number of anilines is 1. The Labute approximate surface area is 231 Å². The summed E-state index contributed by atoms with van der Waals surface area (Å²) in [5, 5.41) is 12.7. The van der Waals surface area contributed by atoms with Crippen LogP contribution < -0.4 is 10.1 Å². The second-order valence-electron chi connectivity index (χ2n) is 10.4. The van der Waals surface area contributed by atoms with Gasteiger partial charge in [0.15, 0.2) is 0 Å². The summed E-state index contributed by atoms with van der Waals surface area (Å²) in [6.07, 6.45) is 0.460. The molecular weight excluding hydrogens is 520 g/mol. The topological polar surface area (TPSA) is 119 Å². The summed E-state index contributed by atoms with van der Waals surface area (Å²) in [7, 11) is 1.64. The molecule has 2 aromatic rings. The Balaban J connectivity index is 1.89. The number of ether oxygens (including phenoxy) is 1. The molecule has 3 atom stereocenters. The predicted octanol–water partition coefficient (Wildman–Crippen LogP) is 2.51. The molecule has 0 fully saturated rings. The van der Waals surface area contributed by atoms with Gasteiger partial charge in [0, 0.05) is 31.6 Å². The van der Waals surface area contributed by atoms with Gasteiger partial charge >= 0.3 is 0 Å². The first-order chi connectivity index (χ1) is 18.4. The number of nitrogens with zero attached hydrogens (tertiary/aromatic N) is 3. The van der Waals surface area contributed by atoms with Gasteiger partial charge in [0.1, 0.15) is 11.9 Å². The van der Waals surface area contributed by atoms with Gasteiger partial charge in [-0.15, -0.1) is 0 Å². The molecule has 0 saturated carbocycles. The zero-order chi connectivity index (χ0) is 28.7. The van der Waals surface area contributed by atoms with Crippen molar-refractivity contribution in [2.45, 2.75) is 43.7 Å². The zero-order valence-electron chi connectivity index (χ0n) is 23.3. The van der Waals surface area contributed by atoms with Crippen LogP contribution in [0.2, 0.25) is 0 Å². The van der Waals surface area contributed by atoms with E-state index < -0.39 is 22.2 Å². The van der Waals surface area contributed by atoms with Crippen LogP contribution >= 0.6 is 0 Å². The second-order valence-corrected chi connectivity index (χ2v) is 12.4. The number of hydrogen-bond acceptors (Lipinski definition) is 7. The first-order valence-corrected chi connectivity index (χ1v) is 14.6. The lowest BCUT2D eigenvalue weighted by Crippen LogP contribution is -2.50. The Morgan fingerprint density at radius 3 is 2.51 bits per heavy atom. The van der Waals surface area contributed by atoms with Gasteiger partial charge in [0.25, 0.3) is 5.91 Å². The number of aliphatic hydroxyl groups excluding tert-OH is 1. The number of benzene rings is 2. The minimum atomic E-state index is -3.76. The molecule has 0 aromatic heterocycles. The van der Waals surface area contributed by atoms with E-state index in [1.165, 1.54) is 11.4 Å². The van der Waals surface area contributed by atoms with Crippen LogP contribution in [0.3, 0.4) is 0 Å². The van der Waals surface area contributed by atoms with Crippen molar-refractivity contribution in [3.8, 4) is 5.75 Å². The number of hydrogen-bond donors (Lipinski definition) is 2. The summed E-state index contributed by atoms with van der Waals surface area (Å²) in [6.45, 7) is 4.51. The van der Waals surface area contributed by atoms with Crippen molar-refractivity contribution in [1.82, 2.24) is 14.1 Å². The van der Waals surface area contributed by atoms with Crippen molar-refractivity contribution >= 4 is 27.5 Å². The third-order valence-corrected chi connectivity index (χ3v) is 8.68. The highest BCUT2D eigenvalue weighted by atomic mass is 32.2. The SMILES string of the molecule is C[C@@H]1CN([C@H](C)CO)C(=O)c2cc(NC(=O)CCCN(C)C)ccc2O[C@H]1CN(C)S(=O)(=O)c1ccccc1. The summed E-state index contributed by atoms with van der Waals surface area (Å²) < 4.78 is 33.9. The molecule has 0 aliphatic carbocycles.